The summed E-state index contributed by atoms with van der Waals surface area (Å²) in [5, 5.41) is 0. The van der Waals surface area contributed by atoms with Crippen LogP contribution in [0, 0.1) is 6.92 Å². The molecule has 0 aromatic heterocycles. The minimum absolute atomic E-state index is 0.383. The quantitative estimate of drug-likeness (QED) is 0.658. The lowest BCUT2D eigenvalue weighted by Crippen LogP contribution is -1.95. The van der Waals surface area contributed by atoms with Crippen molar-refractivity contribution in [1.29, 1.82) is 0 Å². The molecule has 0 aliphatic rings. The van der Waals surface area contributed by atoms with E-state index in [0.717, 1.165) is 5.75 Å². The molecule has 0 radical (unpaired) electrons. The van der Waals surface area contributed by atoms with E-state index in [4.69, 9.17) is 4.74 Å². The standard InChI is InChI=1S/C13H18O/c1-5-11(4)12-7-10(3)8-13(9-12)14-6-2/h5,7-9,11H,1,6H2,2-4H3. The maximum atomic E-state index is 5.49. The summed E-state index contributed by atoms with van der Waals surface area (Å²) in [5.41, 5.74) is 2.50. The molecule has 0 saturated heterocycles. The average molecular weight is 190 g/mol. The Bertz CT molecular complexity index is 315. The molecule has 0 saturated carbocycles. The van der Waals surface area contributed by atoms with E-state index >= 15 is 0 Å². The van der Waals surface area contributed by atoms with Crippen LogP contribution >= 0.6 is 0 Å². The molecule has 1 unspecified atom stereocenters. The molecule has 1 heteroatoms. The first-order valence-corrected chi connectivity index (χ1v) is 5.04. The molecule has 0 N–H and O–H groups in total. The molecular formula is C13H18O. The SMILES string of the molecule is C=CC(C)c1cc(C)cc(OCC)c1. The molecule has 1 rings (SSSR count). The molecule has 1 atom stereocenters. The van der Waals surface area contributed by atoms with E-state index in [1.54, 1.807) is 0 Å². The Morgan fingerprint density at radius 2 is 2.14 bits per heavy atom. The zero-order valence-corrected chi connectivity index (χ0v) is 9.21. The highest BCUT2D eigenvalue weighted by Gasteiger charge is 2.03. The van der Waals surface area contributed by atoms with Gasteiger partial charge in [-0.1, -0.05) is 19.1 Å². The number of aryl methyl sites for hydroxylation is 1. The fourth-order valence-corrected chi connectivity index (χ4v) is 1.43. The molecule has 1 nitrogen and oxygen atoms in total. The summed E-state index contributed by atoms with van der Waals surface area (Å²) in [6, 6.07) is 6.32. The monoisotopic (exact) mass is 190 g/mol. The normalized spacial score (nSPS) is 12.2. The Balaban J connectivity index is 3.00. The molecule has 0 aliphatic carbocycles. The van der Waals surface area contributed by atoms with Crippen LogP contribution in [-0.4, -0.2) is 6.61 Å². The van der Waals surface area contributed by atoms with Gasteiger partial charge in [0, 0.05) is 0 Å². The van der Waals surface area contributed by atoms with Gasteiger partial charge in [0.1, 0.15) is 5.75 Å². The summed E-state index contributed by atoms with van der Waals surface area (Å²) in [6.45, 7) is 10.7. The third-order valence-electron chi connectivity index (χ3n) is 2.26. The van der Waals surface area contributed by atoms with E-state index in [0.29, 0.717) is 12.5 Å². The van der Waals surface area contributed by atoms with E-state index in [1.165, 1.54) is 11.1 Å². The second-order valence-corrected chi connectivity index (χ2v) is 3.54. The van der Waals surface area contributed by atoms with E-state index in [2.05, 4.69) is 38.6 Å². The predicted octanol–water partition coefficient (Wildman–Crippen LogP) is 3.68. The van der Waals surface area contributed by atoms with Gasteiger partial charge in [0.05, 0.1) is 6.61 Å². The molecule has 0 amide bonds. The summed E-state index contributed by atoms with van der Waals surface area (Å²) in [6.07, 6.45) is 1.95. The van der Waals surface area contributed by atoms with Crippen molar-refractivity contribution in [3.05, 3.63) is 42.0 Å². The van der Waals surface area contributed by atoms with Crippen LogP contribution in [0.4, 0.5) is 0 Å². The highest BCUT2D eigenvalue weighted by atomic mass is 16.5. The van der Waals surface area contributed by atoms with Gasteiger partial charge >= 0.3 is 0 Å². The number of ether oxygens (including phenoxy) is 1. The highest BCUT2D eigenvalue weighted by Crippen LogP contribution is 2.23. The zero-order chi connectivity index (χ0) is 10.6. The number of hydrogen-bond acceptors (Lipinski definition) is 1. The van der Waals surface area contributed by atoms with Gasteiger partial charge in [-0.3, -0.25) is 0 Å². The van der Waals surface area contributed by atoms with Crippen LogP contribution in [0.2, 0.25) is 0 Å². The van der Waals surface area contributed by atoms with Crippen LogP contribution in [0.5, 0.6) is 5.75 Å². The first-order valence-electron chi connectivity index (χ1n) is 5.04. The predicted molar refractivity (Wildman–Crippen MR) is 61.0 cm³/mol. The van der Waals surface area contributed by atoms with Crippen molar-refractivity contribution in [1.82, 2.24) is 0 Å². The molecule has 0 heterocycles. The van der Waals surface area contributed by atoms with Gasteiger partial charge in [-0.25, -0.2) is 0 Å². The molecule has 76 valence electrons. The second-order valence-electron chi connectivity index (χ2n) is 3.54. The van der Waals surface area contributed by atoms with Crippen LogP contribution < -0.4 is 4.74 Å². The summed E-state index contributed by atoms with van der Waals surface area (Å²) < 4.78 is 5.49. The summed E-state index contributed by atoms with van der Waals surface area (Å²) in [7, 11) is 0. The van der Waals surface area contributed by atoms with Gasteiger partial charge < -0.3 is 4.74 Å². The van der Waals surface area contributed by atoms with Crippen LogP contribution in [-0.2, 0) is 0 Å². The van der Waals surface area contributed by atoms with Crippen LogP contribution in [0.1, 0.15) is 30.9 Å². The lowest BCUT2D eigenvalue weighted by molar-refractivity contribution is 0.339. The first kappa shape index (κ1) is 10.8. The van der Waals surface area contributed by atoms with Gasteiger partial charge in [-0.2, -0.15) is 0 Å². The lowest BCUT2D eigenvalue weighted by Gasteiger charge is -2.11. The number of allylic oxidation sites excluding steroid dienone is 1. The van der Waals surface area contributed by atoms with Crippen LogP contribution in [0.15, 0.2) is 30.9 Å². The Morgan fingerprint density at radius 3 is 2.71 bits per heavy atom. The molecule has 0 spiro atoms. The topological polar surface area (TPSA) is 9.23 Å². The zero-order valence-electron chi connectivity index (χ0n) is 9.21. The van der Waals surface area contributed by atoms with Crippen LogP contribution in [0.3, 0.4) is 0 Å². The van der Waals surface area contributed by atoms with Crippen LogP contribution in [0.25, 0.3) is 0 Å². The van der Waals surface area contributed by atoms with Crippen molar-refractivity contribution in [3.8, 4) is 5.75 Å². The molecule has 0 fully saturated rings. The first-order chi connectivity index (χ1) is 6.67. The fraction of sp³-hybridized carbons (Fsp3) is 0.385. The summed E-state index contributed by atoms with van der Waals surface area (Å²) >= 11 is 0. The van der Waals surface area contributed by atoms with Gasteiger partial charge in [0.2, 0.25) is 0 Å². The molecular weight excluding hydrogens is 172 g/mol. The minimum Gasteiger partial charge on any atom is -0.494 e. The molecule has 14 heavy (non-hydrogen) atoms. The maximum Gasteiger partial charge on any atom is 0.119 e. The Kier molecular flexibility index (Phi) is 3.75. The summed E-state index contributed by atoms with van der Waals surface area (Å²) in [5.74, 6) is 1.34. The van der Waals surface area contributed by atoms with Gasteiger partial charge in [0.25, 0.3) is 0 Å². The third-order valence-corrected chi connectivity index (χ3v) is 2.26. The van der Waals surface area contributed by atoms with Gasteiger partial charge in [0.15, 0.2) is 0 Å². The minimum atomic E-state index is 0.383. The maximum absolute atomic E-state index is 5.49. The van der Waals surface area contributed by atoms with Gasteiger partial charge in [-0.05, 0) is 43.0 Å². The molecule has 1 aromatic rings. The smallest absolute Gasteiger partial charge is 0.119 e. The third kappa shape index (κ3) is 2.63. The summed E-state index contributed by atoms with van der Waals surface area (Å²) in [4.78, 5) is 0. The van der Waals surface area contributed by atoms with Crippen molar-refractivity contribution in [3.63, 3.8) is 0 Å². The van der Waals surface area contributed by atoms with E-state index in [-0.39, 0.29) is 0 Å². The Labute approximate surface area is 86.4 Å². The van der Waals surface area contributed by atoms with Crippen molar-refractivity contribution in [2.24, 2.45) is 0 Å². The van der Waals surface area contributed by atoms with Crippen molar-refractivity contribution in [2.45, 2.75) is 26.7 Å². The fourth-order valence-electron chi connectivity index (χ4n) is 1.43. The number of benzene rings is 1. The second kappa shape index (κ2) is 4.85. The van der Waals surface area contributed by atoms with E-state index < -0.39 is 0 Å². The number of hydrogen-bond donors (Lipinski definition) is 0. The Morgan fingerprint density at radius 1 is 1.43 bits per heavy atom. The van der Waals surface area contributed by atoms with Crippen molar-refractivity contribution in [2.75, 3.05) is 6.61 Å². The largest absolute Gasteiger partial charge is 0.494 e. The van der Waals surface area contributed by atoms with Crippen molar-refractivity contribution >= 4 is 0 Å². The number of rotatable bonds is 4. The van der Waals surface area contributed by atoms with Crippen molar-refractivity contribution < 1.29 is 4.74 Å². The van der Waals surface area contributed by atoms with E-state index in [9.17, 15) is 0 Å². The molecule has 0 bridgehead atoms. The molecule has 0 aliphatic heterocycles. The average Bonchev–Trinajstić information content (AvgIpc) is 2.16. The molecule has 1 aromatic carbocycles. The Hall–Kier alpha value is -1.24. The lowest BCUT2D eigenvalue weighted by atomic mass is 9.99. The van der Waals surface area contributed by atoms with E-state index in [1.807, 2.05) is 13.0 Å². The highest BCUT2D eigenvalue weighted by molar-refractivity contribution is 5.36. The van der Waals surface area contributed by atoms with Gasteiger partial charge in [-0.15, -0.1) is 6.58 Å².